The van der Waals surface area contributed by atoms with E-state index < -0.39 is 0 Å². The Bertz CT molecular complexity index is 387. The molecule has 110 valence electrons. The van der Waals surface area contributed by atoms with Crippen LogP contribution in [0, 0.1) is 0 Å². The van der Waals surface area contributed by atoms with Crippen LogP contribution < -0.4 is 0 Å². The number of unbranched alkanes of at least 4 members (excludes halogenated alkanes) is 1. The molecule has 0 aromatic carbocycles. The predicted molar refractivity (Wildman–Crippen MR) is 85.4 cm³/mol. The highest BCUT2D eigenvalue weighted by Gasteiger charge is 2.18. The molecule has 0 aliphatic heterocycles. The lowest BCUT2D eigenvalue weighted by atomic mass is 10.2. The Morgan fingerprint density at radius 1 is 1.32 bits per heavy atom. The van der Waals surface area contributed by atoms with Crippen molar-refractivity contribution >= 4 is 15.9 Å². The molecule has 0 N–H and O–H groups in total. The molecule has 1 aromatic rings. The molecular weight excluding hydrogens is 302 g/mol. The zero-order chi connectivity index (χ0) is 14.4. The molecule has 1 atom stereocenters. The molecular formula is C15H28BrN3. The Balaban J connectivity index is 2.86. The fraction of sp³-hybridized carbons (Fsp3) is 0.800. The molecule has 19 heavy (non-hydrogen) atoms. The monoisotopic (exact) mass is 329 g/mol. The number of nitrogens with zero attached hydrogens (tertiary/aromatic N) is 3. The van der Waals surface area contributed by atoms with Gasteiger partial charge in [0.2, 0.25) is 0 Å². The van der Waals surface area contributed by atoms with Crippen molar-refractivity contribution in [3.05, 3.63) is 15.9 Å². The third-order valence-corrected chi connectivity index (χ3v) is 4.78. The van der Waals surface area contributed by atoms with Crippen molar-refractivity contribution in [2.24, 2.45) is 7.05 Å². The first-order chi connectivity index (χ1) is 9.04. The van der Waals surface area contributed by atoms with Crippen LogP contribution in [0.3, 0.4) is 0 Å². The Hall–Kier alpha value is -0.350. The van der Waals surface area contributed by atoms with E-state index in [4.69, 9.17) is 0 Å². The number of aromatic nitrogens is 2. The van der Waals surface area contributed by atoms with Gasteiger partial charge < -0.3 is 0 Å². The number of hydrogen-bond acceptors (Lipinski definition) is 2. The van der Waals surface area contributed by atoms with Crippen molar-refractivity contribution in [1.82, 2.24) is 14.7 Å². The zero-order valence-electron chi connectivity index (χ0n) is 13.0. The molecule has 1 aromatic heterocycles. The normalized spacial score (nSPS) is 13.2. The van der Waals surface area contributed by atoms with Crippen LogP contribution in [0.4, 0.5) is 0 Å². The third kappa shape index (κ3) is 4.32. The highest BCUT2D eigenvalue weighted by atomic mass is 79.9. The van der Waals surface area contributed by atoms with Crippen molar-refractivity contribution in [2.75, 3.05) is 6.54 Å². The maximum absolute atomic E-state index is 4.59. The van der Waals surface area contributed by atoms with Gasteiger partial charge in [0.05, 0.1) is 15.9 Å². The van der Waals surface area contributed by atoms with E-state index in [1.807, 2.05) is 11.7 Å². The van der Waals surface area contributed by atoms with Crippen LogP contribution in [0.5, 0.6) is 0 Å². The number of rotatable bonds is 8. The molecule has 1 rings (SSSR count). The van der Waals surface area contributed by atoms with Gasteiger partial charge >= 0.3 is 0 Å². The van der Waals surface area contributed by atoms with Crippen LogP contribution in [0.1, 0.15) is 58.3 Å². The number of aryl methyl sites for hydroxylation is 2. The second-order valence-electron chi connectivity index (χ2n) is 5.27. The lowest BCUT2D eigenvalue weighted by Crippen LogP contribution is -2.33. The SMILES string of the molecule is CCCCN(Cc1c(Br)c(CC)nn1C)C(C)CC. The van der Waals surface area contributed by atoms with Crippen LogP contribution in [-0.4, -0.2) is 27.3 Å². The summed E-state index contributed by atoms with van der Waals surface area (Å²) in [6, 6.07) is 0.624. The van der Waals surface area contributed by atoms with Gasteiger partial charge in [0.15, 0.2) is 0 Å². The first kappa shape index (κ1) is 16.7. The maximum Gasteiger partial charge on any atom is 0.0767 e. The Morgan fingerprint density at radius 3 is 2.47 bits per heavy atom. The molecule has 0 amide bonds. The highest BCUT2D eigenvalue weighted by molar-refractivity contribution is 9.10. The molecule has 0 aliphatic carbocycles. The van der Waals surface area contributed by atoms with Gasteiger partial charge in [-0.25, -0.2) is 0 Å². The summed E-state index contributed by atoms with van der Waals surface area (Å²) in [6.07, 6.45) is 4.69. The van der Waals surface area contributed by atoms with Gasteiger partial charge in [-0.2, -0.15) is 5.10 Å². The molecule has 1 unspecified atom stereocenters. The largest absolute Gasteiger partial charge is 0.295 e. The van der Waals surface area contributed by atoms with Gasteiger partial charge in [-0.1, -0.05) is 27.2 Å². The Labute approximate surface area is 126 Å². The quantitative estimate of drug-likeness (QED) is 0.714. The second kappa shape index (κ2) is 8.05. The van der Waals surface area contributed by atoms with Gasteiger partial charge in [0.1, 0.15) is 0 Å². The molecule has 1 heterocycles. The van der Waals surface area contributed by atoms with E-state index in [1.54, 1.807) is 0 Å². The smallest absolute Gasteiger partial charge is 0.0767 e. The fourth-order valence-corrected chi connectivity index (χ4v) is 3.00. The van der Waals surface area contributed by atoms with Gasteiger partial charge in [-0.15, -0.1) is 0 Å². The van der Waals surface area contributed by atoms with Crippen molar-refractivity contribution in [3.63, 3.8) is 0 Å². The van der Waals surface area contributed by atoms with Crippen LogP contribution in [-0.2, 0) is 20.0 Å². The van der Waals surface area contributed by atoms with E-state index in [0.717, 1.165) is 18.7 Å². The molecule has 0 fully saturated rings. The minimum Gasteiger partial charge on any atom is -0.295 e. The second-order valence-corrected chi connectivity index (χ2v) is 6.06. The first-order valence-corrected chi connectivity index (χ1v) is 8.28. The minimum atomic E-state index is 0.624. The summed E-state index contributed by atoms with van der Waals surface area (Å²) in [7, 11) is 2.05. The molecule has 0 bridgehead atoms. The lowest BCUT2D eigenvalue weighted by Gasteiger charge is -2.28. The molecule has 0 saturated carbocycles. The lowest BCUT2D eigenvalue weighted by molar-refractivity contribution is 0.187. The molecule has 0 radical (unpaired) electrons. The van der Waals surface area contributed by atoms with E-state index in [2.05, 4.69) is 53.6 Å². The summed E-state index contributed by atoms with van der Waals surface area (Å²) in [4.78, 5) is 2.57. The Morgan fingerprint density at radius 2 is 2.00 bits per heavy atom. The zero-order valence-corrected chi connectivity index (χ0v) is 14.6. The average molecular weight is 330 g/mol. The molecule has 0 saturated heterocycles. The van der Waals surface area contributed by atoms with Crippen molar-refractivity contribution in [1.29, 1.82) is 0 Å². The average Bonchev–Trinajstić information content (AvgIpc) is 2.69. The van der Waals surface area contributed by atoms with Crippen molar-refractivity contribution in [3.8, 4) is 0 Å². The van der Waals surface area contributed by atoms with Crippen LogP contribution in [0.2, 0.25) is 0 Å². The molecule has 0 aliphatic rings. The van der Waals surface area contributed by atoms with Gasteiger partial charge in [-0.05, 0) is 48.7 Å². The third-order valence-electron chi connectivity index (χ3n) is 3.87. The van der Waals surface area contributed by atoms with E-state index in [9.17, 15) is 0 Å². The summed E-state index contributed by atoms with van der Waals surface area (Å²) in [6.45, 7) is 11.1. The summed E-state index contributed by atoms with van der Waals surface area (Å²) >= 11 is 3.72. The minimum absolute atomic E-state index is 0.624. The van der Waals surface area contributed by atoms with E-state index in [1.165, 1.54) is 36.0 Å². The van der Waals surface area contributed by atoms with Gasteiger partial charge in [0.25, 0.3) is 0 Å². The summed E-state index contributed by atoms with van der Waals surface area (Å²) < 4.78 is 3.23. The standard InChI is InChI=1S/C15H28BrN3/c1-6-9-10-19(12(4)7-2)11-14-15(16)13(8-3)17-18(14)5/h12H,6-11H2,1-5H3. The summed E-state index contributed by atoms with van der Waals surface area (Å²) in [5.41, 5.74) is 2.46. The predicted octanol–water partition coefficient (Wildman–Crippen LogP) is 4.15. The van der Waals surface area contributed by atoms with Crippen molar-refractivity contribution in [2.45, 2.75) is 66.0 Å². The van der Waals surface area contributed by atoms with Crippen LogP contribution in [0.25, 0.3) is 0 Å². The molecule has 3 nitrogen and oxygen atoms in total. The Kier molecular flexibility index (Phi) is 7.08. The highest BCUT2D eigenvalue weighted by Crippen LogP contribution is 2.24. The number of hydrogen-bond donors (Lipinski definition) is 0. The fourth-order valence-electron chi connectivity index (χ4n) is 2.26. The van der Waals surface area contributed by atoms with Crippen LogP contribution in [0.15, 0.2) is 4.47 Å². The topological polar surface area (TPSA) is 21.1 Å². The number of halogens is 1. The van der Waals surface area contributed by atoms with Crippen molar-refractivity contribution < 1.29 is 0 Å². The molecule has 4 heteroatoms. The first-order valence-electron chi connectivity index (χ1n) is 7.49. The molecule has 0 spiro atoms. The van der Waals surface area contributed by atoms with E-state index >= 15 is 0 Å². The summed E-state index contributed by atoms with van der Waals surface area (Å²) in [5.74, 6) is 0. The maximum atomic E-state index is 4.59. The van der Waals surface area contributed by atoms with E-state index in [0.29, 0.717) is 6.04 Å². The van der Waals surface area contributed by atoms with Gasteiger partial charge in [0, 0.05) is 19.6 Å². The summed E-state index contributed by atoms with van der Waals surface area (Å²) in [5, 5.41) is 4.59. The van der Waals surface area contributed by atoms with E-state index in [-0.39, 0.29) is 0 Å². The van der Waals surface area contributed by atoms with Crippen LogP contribution >= 0.6 is 15.9 Å². The van der Waals surface area contributed by atoms with Gasteiger partial charge in [-0.3, -0.25) is 9.58 Å².